The molecule has 8 heteroatoms. The lowest BCUT2D eigenvalue weighted by atomic mass is 9.97. The van der Waals surface area contributed by atoms with Crippen LogP contribution in [-0.4, -0.2) is 32.5 Å². The van der Waals surface area contributed by atoms with Crippen LogP contribution in [0.25, 0.3) is 66.5 Å². The van der Waals surface area contributed by atoms with Crippen molar-refractivity contribution in [2.24, 2.45) is 0 Å². The van der Waals surface area contributed by atoms with E-state index in [-0.39, 0.29) is 28.9 Å². The van der Waals surface area contributed by atoms with Crippen LogP contribution in [0.2, 0.25) is 0 Å². The standard InChI is InChI=1S/C58H43N5O3/c1-35-4-22-53-42(28-35)15-25-50(61-53)39-9-7-38(8-10-39)31-56(64)45-32-46(57(65)59-48-18-11-40(12-19-48)51-26-16-43-29-36(2)5-23-54(43)62-51)34-47(33-45)58(66)60-49-20-13-41(14-21-49)52-27-17-44-30-37(3)6-24-55(44)63-52/h4-30,32-34H,31H2,1-3H3,(H,59,65)(H,60,66). The number of pyridine rings is 3. The summed E-state index contributed by atoms with van der Waals surface area (Å²) < 4.78 is 0. The Hall–Kier alpha value is -8.62. The number of rotatable bonds is 10. The largest absolute Gasteiger partial charge is 0.322 e. The molecule has 0 bridgehead atoms. The SMILES string of the molecule is Cc1ccc2nc(-c3ccc(CC(=O)c4cc(C(=O)Nc5ccc(-c6ccc7cc(C)ccc7n6)cc5)cc(C(=O)Nc5ccc(-c6ccc7cc(C)ccc7n6)cc5)c4)cc3)ccc2c1. The van der Waals surface area contributed by atoms with Crippen molar-refractivity contribution in [3.05, 3.63) is 221 Å². The Balaban J connectivity index is 0.895. The van der Waals surface area contributed by atoms with Gasteiger partial charge in [-0.05, 0) is 123 Å². The number of benzene rings is 7. The Morgan fingerprint density at radius 2 is 0.727 bits per heavy atom. The number of aryl methyl sites for hydroxylation is 3. The van der Waals surface area contributed by atoms with Gasteiger partial charge in [0.05, 0.1) is 33.6 Å². The quantitative estimate of drug-likeness (QED) is 0.132. The molecule has 8 nitrogen and oxygen atoms in total. The molecule has 0 radical (unpaired) electrons. The Kier molecular flexibility index (Phi) is 11.0. The third-order valence-corrected chi connectivity index (χ3v) is 11.8. The van der Waals surface area contributed by atoms with Gasteiger partial charge in [0, 0.05) is 67.3 Å². The van der Waals surface area contributed by atoms with E-state index in [0.29, 0.717) is 11.4 Å². The molecule has 7 aromatic carbocycles. The predicted octanol–water partition coefficient (Wildman–Crippen LogP) is 13.2. The molecule has 0 fully saturated rings. The Bertz CT molecular complexity index is 3140. The maximum Gasteiger partial charge on any atom is 0.255 e. The van der Waals surface area contributed by atoms with Crippen LogP contribution >= 0.6 is 0 Å². The molecule has 3 heterocycles. The molecule has 0 aliphatic rings. The molecule has 0 atom stereocenters. The second kappa shape index (κ2) is 17.5. The van der Waals surface area contributed by atoms with Gasteiger partial charge in [-0.15, -0.1) is 0 Å². The zero-order valence-corrected chi connectivity index (χ0v) is 36.6. The van der Waals surface area contributed by atoms with Gasteiger partial charge in [-0.2, -0.15) is 0 Å². The van der Waals surface area contributed by atoms with Crippen molar-refractivity contribution < 1.29 is 14.4 Å². The monoisotopic (exact) mass is 857 g/mol. The van der Waals surface area contributed by atoms with E-state index in [9.17, 15) is 14.4 Å². The van der Waals surface area contributed by atoms with E-state index in [0.717, 1.165) is 72.0 Å². The minimum absolute atomic E-state index is 0.0601. The van der Waals surface area contributed by atoms with Crippen LogP contribution < -0.4 is 10.6 Å². The second-order valence-electron chi connectivity index (χ2n) is 16.8. The molecule has 66 heavy (non-hydrogen) atoms. The topological polar surface area (TPSA) is 114 Å². The number of hydrogen-bond acceptors (Lipinski definition) is 6. The summed E-state index contributed by atoms with van der Waals surface area (Å²) in [6.07, 6.45) is 0.0601. The van der Waals surface area contributed by atoms with Gasteiger partial charge >= 0.3 is 0 Å². The average Bonchev–Trinajstić information content (AvgIpc) is 3.34. The van der Waals surface area contributed by atoms with Gasteiger partial charge in [0.2, 0.25) is 0 Å². The van der Waals surface area contributed by atoms with Crippen LogP contribution in [0.1, 0.15) is 53.3 Å². The highest BCUT2D eigenvalue weighted by atomic mass is 16.2. The van der Waals surface area contributed by atoms with E-state index in [1.54, 1.807) is 12.1 Å². The summed E-state index contributed by atoms with van der Waals surface area (Å²) >= 11 is 0. The van der Waals surface area contributed by atoms with Crippen molar-refractivity contribution in [1.82, 2.24) is 15.0 Å². The minimum Gasteiger partial charge on any atom is -0.322 e. The number of fused-ring (bicyclic) bond motifs is 3. The second-order valence-corrected chi connectivity index (χ2v) is 16.8. The number of amides is 2. The molecule has 0 aliphatic heterocycles. The Labute approximate surface area is 382 Å². The van der Waals surface area contributed by atoms with Gasteiger partial charge in [0.15, 0.2) is 5.78 Å². The fourth-order valence-electron chi connectivity index (χ4n) is 8.20. The van der Waals surface area contributed by atoms with Gasteiger partial charge in [-0.1, -0.05) is 102 Å². The summed E-state index contributed by atoms with van der Waals surface area (Å²) in [5.74, 6) is -1.17. The summed E-state index contributed by atoms with van der Waals surface area (Å²) in [5, 5.41) is 9.14. The van der Waals surface area contributed by atoms with E-state index in [4.69, 9.17) is 15.0 Å². The van der Waals surface area contributed by atoms with Crippen molar-refractivity contribution in [2.75, 3.05) is 10.6 Å². The van der Waals surface area contributed by atoms with E-state index in [1.165, 1.54) is 22.8 Å². The molecule has 0 aliphatic carbocycles. The molecule has 2 amide bonds. The number of ketones is 1. The number of nitrogens with one attached hydrogen (secondary N) is 2. The van der Waals surface area contributed by atoms with E-state index in [2.05, 4.69) is 67.8 Å². The van der Waals surface area contributed by atoms with Crippen molar-refractivity contribution in [3.8, 4) is 33.8 Å². The first-order valence-electron chi connectivity index (χ1n) is 21.8. The molecule has 318 valence electrons. The first-order valence-corrected chi connectivity index (χ1v) is 21.8. The fraction of sp³-hybridized carbons (Fsp3) is 0.0690. The molecule has 0 saturated carbocycles. The van der Waals surface area contributed by atoms with Gasteiger partial charge in [0.25, 0.3) is 11.8 Å². The van der Waals surface area contributed by atoms with Crippen molar-refractivity contribution in [3.63, 3.8) is 0 Å². The van der Waals surface area contributed by atoms with Gasteiger partial charge in [-0.3, -0.25) is 14.4 Å². The maximum atomic E-state index is 14.1. The van der Waals surface area contributed by atoms with E-state index < -0.39 is 11.8 Å². The summed E-state index contributed by atoms with van der Waals surface area (Å²) in [6, 6.07) is 57.9. The Morgan fingerprint density at radius 3 is 1.11 bits per heavy atom. The number of carbonyl (C=O) groups is 3. The molecular weight excluding hydrogens is 815 g/mol. The normalized spacial score (nSPS) is 11.2. The lowest BCUT2D eigenvalue weighted by Gasteiger charge is -2.12. The van der Waals surface area contributed by atoms with Crippen LogP contribution in [0.4, 0.5) is 11.4 Å². The van der Waals surface area contributed by atoms with Gasteiger partial charge in [-0.25, -0.2) is 15.0 Å². The van der Waals surface area contributed by atoms with E-state index >= 15 is 0 Å². The number of nitrogens with zero attached hydrogens (tertiary/aromatic N) is 3. The molecule has 3 aromatic heterocycles. The molecule has 0 saturated heterocycles. The van der Waals surface area contributed by atoms with E-state index in [1.807, 2.05) is 127 Å². The number of aromatic nitrogens is 3. The Morgan fingerprint density at radius 1 is 0.379 bits per heavy atom. The lowest BCUT2D eigenvalue weighted by molar-refractivity contribution is 0.0993. The number of Topliss-reactive ketones (excluding diaryl/α,β-unsaturated/α-hetero) is 1. The molecule has 10 aromatic rings. The minimum atomic E-state index is -0.463. The fourth-order valence-corrected chi connectivity index (χ4v) is 8.20. The highest BCUT2D eigenvalue weighted by Crippen LogP contribution is 2.27. The van der Waals surface area contributed by atoms with Crippen LogP contribution in [0, 0.1) is 20.8 Å². The molecule has 10 rings (SSSR count). The predicted molar refractivity (Wildman–Crippen MR) is 266 cm³/mol. The first kappa shape index (κ1) is 41.4. The molecule has 0 unspecified atom stereocenters. The lowest BCUT2D eigenvalue weighted by Crippen LogP contribution is -2.18. The van der Waals surface area contributed by atoms with Gasteiger partial charge < -0.3 is 10.6 Å². The summed E-state index contributed by atoms with van der Waals surface area (Å²) in [6.45, 7) is 6.18. The molecular formula is C58H43N5O3. The first-order chi connectivity index (χ1) is 32.1. The third-order valence-electron chi connectivity index (χ3n) is 11.8. The summed E-state index contributed by atoms with van der Waals surface area (Å²) in [7, 11) is 0. The zero-order chi connectivity index (χ0) is 45.3. The summed E-state index contributed by atoms with van der Waals surface area (Å²) in [4.78, 5) is 56.5. The van der Waals surface area contributed by atoms with Crippen LogP contribution in [0.3, 0.4) is 0 Å². The van der Waals surface area contributed by atoms with Crippen molar-refractivity contribution in [2.45, 2.75) is 27.2 Å². The van der Waals surface area contributed by atoms with Crippen LogP contribution in [0.5, 0.6) is 0 Å². The average molecular weight is 858 g/mol. The highest BCUT2D eigenvalue weighted by molar-refractivity contribution is 6.11. The molecule has 0 spiro atoms. The van der Waals surface area contributed by atoms with Crippen LogP contribution in [0.15, 0.2) is 182 Å². The van der Waals surface area contributed by atoms with Crippen molar-refractivity contribution in [1.29, 1.82) is 0 Å². The maximum absolute atomic E-state index is 14.1. The number of carbonyl (C=O) groups excluding carboxylic acids is 3. The zero-order valence-electron chi connectivity index (χ0n) is 36.6. The highest BCUT2D eigenvalue weighted by Gasteiger charge is 2.18. The van der Waals surface area contributed by atoms with Crippen LogP contribution in [-0.2, 0) is 6.42 Å². The third kappa shape index (κ3) is 8.94. The van der Waals surface area contributed by atoms with Crippen molar-refractivity contribution >= 4 is 61.7 Å². The molecule has 2 N–H and O–H groups in total. The smallest absolute Gasteiger partial charge is 0.255 e. The van der Waals surface area contributed by atoms with Gasteiger partial charge in [0.1, 0.15) is 0 Å². The number of anilines is 2. The number of hydrogen-bond donors (Lipinski definition) is 2. The summed E-state index contributed by atoms with van der Waals surface area (Å²) in [5.41, 5.74) is 13.9.